The van der Waals surface area contributed by atoms with Crippen LogP contribution < -0.4 is 5.73 Å². The summed E-state index contributed by atoms with van der Waals surface area (Å²) in [5.74, 6) is -0.915. The zero-order valence-corrected chi connectivity index (χ0v) is 9.90. The maximum atomic E-state index is 13.6. The Kier molecular flexibility index (Phi) is 3.52. The summed E-state index contributed by atoms with van der Waals surface area (Å²) in [5.41, 5.74) is 3.61. The second kappa shape index (κ2) is 4.29. The van der Waals surface area contributed by atoms with Crippen LogP contribution in [0.3, 0.4) is 0 Å². The van der Waals surface area contributed by atoms with Crippen molar-refractivity contribution in [2.24, 2.45) is 11.1 Å². The molecule has 0 aliphatic carbocycles. The van der Waals surface area contributed by atoms with Gasteiger partial charge in [-0.2, -0.15) is 13.2 Å². The van der Waals surface area contributed by atoms with Crippen LogP contribution >= 0.6 is 0 Å². The molecule has 0 saturated carbocycles. The first-order valence-electron chi connectivity index (χ1n) is 5.16. The minimum Gasteiger partial charge on any atom is -0.323 e. The van der Waals surface area contributed by atoms with Gasteiger partial charge in [0.15, 0.2) is 0 Å². The lowest BCUT2D eigenvalue weighted by atomic mass is 9.81. The second-order valence-electron chi connectivity index (χ2n) is 5.04. The van der Waals surface area contributed by atoms with Gasteiger partial charge in [-0.25, -0.2) is 4.39 Å². The van der Waals surface area contributed by atoms with Crippen LogP contribution in [0.4, 0.5) is 17.6 Å². The molecule has 1 aromatic rings. The Labute approximate surface area is 97.6 Å². The summed E-state index contributed by atoms with van der Waals surface area (Å²) in [5, 5.41) is 0. The lowest BCUT2D eigenvalue weighted by Gasteiger charge is -2.29. The highest BCUT2D eigenvalue weighted by Crippen LogP contribution is 2.40. The molecule has 0 heterocycles. The van der Waals surface area contributed by atoms with Crippen LogP contribution in [0.1, 0.15) is 37.9 Å². The minimum absolute atomic E-state index is 0.465. The van der Waals surface area contributed by atoms with Gasteiger partial charge in [0.05, 0.1) is 5.56 Å². The molecular formula is C12H15F4N. The van der Waals surface area contributed by atoms with E-state index in [2.05, 4.69) is 0 Å². The van der Waals surface area contributed by atoms with Crippen LogP contribution in [-0.4, -0.2) is 0 Å². The van der Waals surface area contributed by atoms with Crippen molar-refractivity contribution in [3.63, 3.8) is 0 Å². The van der Waals surface area contributed by atoms with Crippen molar-refractivity contribution < 1.29 is 17.6 Å². The largest absolute Gasteiger partial charge is 0.416 e. The van der Waals surface area contributed by atoms with Gasteiger partial charge in [-0.1, -0.05) is 26.8 Å². The third kappa shape index (κ3) is 2.97. The average Bonchev–Trinajstić information content (AvgIpc) is 2.13. The zero-order valence-electron chi connectivity index (χ0n) is 9.90. The van der Waals surface area contributed by atoms with Crippen molar-refractivity contribution in [1.29, 1.82) is 0 Å². The molecule has 0 aliphatic rings. The maximum absolute atomic E-state index is 13.6. The minimum atomic E-state index is -4.60. The molecule has 0 amide bonds. The molecule has 17 heavy (non-hydrogen) atoms. The first kappa shape index (κ1) is 14.0. The van der Waals surface area contributed by atoms with Gasteiger partial charge in [-0.3, -0.25) is 0 Å². The highest BCUT2D eigenvalue weighted by Gasteiger charge is 2.38. The van der Waals surface area contributed by atoms with E-state index in [1.165, 1.54) is 0 Å². The Morgan fingerprint density at radius 1 is 1.12 bits per heavy atom. The molecule has 1 nitrogen and oxygen atoms in total. The topological polar surface area (TPSA) is 26.0 Å². The van der Waals surface area contributed by atoms with Gasteiger partial charge < -0.3 is 5.73 Å². The van der Waals surface area contributed by atoms with Gasteiger partial charge in [-0.05, 0) is 17.5 Å². The van der Waals surface area contributed by atoms with Gasteiger partial charge in [0, 0.05) is 11.6 Å². The number of rotatable bonds is 1. The van der Waals surface area contributed by atoms with E-state index in [0.717, 1.165) is 18.2 Å². The number of alkyl halides is 3. The second-order valence-corrected chi connectivity index (χ2v) is 5.04. The third-order valence-electron chi connectivity index (χ3n) is 2.60. The Morgan fingerprint density at radius 3 is 2.06 bits per heavy atom. The van der Waals surface area contributed by atoms with Crippen molar-refractivity contribution in [2.45, 2.75) is 33.0 Å². The Morgan fingerprint density at radius 2 is 1.65 bits per heavy atom. The van der Waals surface area contributed by atoms with Crippen molar-refractivity contribution in [1.82, 2.24) is 0 Å². The fourth-order valence-electron chi connectivity index (χ4n) is 1.53. The SMILES string of the molecule is CC(C)(C)[C@@H](N)c1c(F)cccc1C(F)(F)F. The predicted octanol–water partition coefficient (Wildman–Crippen LogP) is 3.89. The number of hydrogen-bond acceptors (Lipinski definition) is 1. The van der Waals surface area contributed by atoms with Crippen molar-refractivity contribution >= 4 is 0 Å². The van der Waals surface area contributed by atoms with E-state index in [-0.39, 0.29) is 0 Å². The van der Waals surface area contributed by atoms with E-state index in [0.29, 0.717) is 0 Å². The van der Waals surface area contributed by atoms with E-state index in [1.807, 2.05) is 0 Å². The highest BCUT2D eigenvalue weighted by molar-refractivity contribution is 5.34. The monoisotopic (exact) mass is 249 g/mol. The van der Waals surface area contributed by atoms with Crippen LogP contribution in [0.15, 0.2) is 18.2 Å². The van der Waals surface area contributed by atoms with Crippen LogP contribution in [0.25, 0.3) is 0 Å². The van der Waals surface area contributed by atoms with Crippen molar-refractivity contribution in [3.8, 4) is 0 Å². The zero-order chi connectivity index (χ0) is 13.4. The molecule has 0 unspecified atom stereocenters. The van der Waals surface area contributed by atoms with Gasteiger partial charge in [-0.15, -0.1) is 0 Å². The fourth-order valence-corrected chi connectivity index (χ4v) is 1.53. The molecule has 0 fully saturated rings. The normalized spacial score (nSPS) is 14.8. The van der Waals surface area contributed by atoms with Crippen molar-refractivity contribution in [2.75, 3.05) is 0 Å². The fraction of sp³-hybridized carbons (Fsp3) is 0.500. The Bertz CT molecular complexity index is 404. The van der Waals surface area contributed by atoms with E-state index in [9.17, 15) is 17.6 Å². The first-order chi connectivity index (χ1) is 7.55. The van der Waals surface area contributed by atoms with E-state index < -0.39 is 34.6 Å². The average molecular weight is 249 g/mol. The van der Waals surface area contributed by atoms with Gasteiger partial charge in [0.2, 0.25) is 0 Å². The molecule has 0 spiro atoms. The lowest BCUT2D eigenvalue weighted by molar-refractivity contribution is -0.138. The summed E-state index contributed by atoms with van der Waals surface area (Å²) in [6, 6.07) is 1.87. The number of nitrogens with two attached hydrogens (primary N) is 1. The quantitative estimate of drug-likeness (QED) is 0.751. The summed E-state index contributed by atoms with van der Waals surface area (Å²) in [6.45, 7) is 5.01. The molecular weight excluding hydrogens is 234 g/mol. The Hall–Kier alpha value is -1.10. The van der Waals surface area contributed by atoms with Crippen LogP contribution in [0, 0.1) is 11.2 Å². The van der Waals surface area contributed by atoms with E-state index in [1.54, 1.807) is 20.8 Å². The van der Waals surface area contributed by atoms with E-state index in [4.69, 9.17) is 5.73 Å². The van der Waals surface area contributed by atoms with Crippen molar-refractivity contribution in [3.05, 3.63) is 35.1 Å². The molecule has 96 valence electrons. The summed E-state index contributed by atoms with van der Waals surface area (Å²) in [6.07, 6.45) is -4.60. The van der Waals surface area contributed by atoms with Gasteiger partial charge in [0.1, 0.15) is 5.82 Å². The first-order valence-corrected chi connectivity index (χ1v) is 5.16. The standard InChI is InChI=1S/C12H15F4N/c1-11(2,3)10(17)9-7(12(14,15)16)5-4-6-8(9)13/h4-6,10H,17H2,1-3H3/t10-/m0/s1. The summed E-state index contributed by atoms with van der Waals surface area (Å²) in [4.78, 5) is 0. The highest BCUT2D eigenvalue weighted by atomic mass is 19.4. The summed E-state index contributed by atoms with van der Waals surface area (Å²) < 4.78 is 51.8. The third-order valence-corrected chi connectivity index (χ3v) is 2.60. The number of benzene rings is 1. The maximum Gasteiger partial charge on any atom is 0.416 e. The van der Waals surface area contributed by atoms with E-state index >= 15 is 0 Å². The molecule has 0 saturated heterocycles. The molecule has 1 atom stereocenters. The Balaban J connectivity index is 3.41. The molecule has 0 radical (unpaired) electrons. The summed E-state index contributed by atoms with van der Waals surface area (Å²) in [7, 11) is 0. The summed E-state index contributed by atoms with van der Waals surface area (Å²) >= 11 is 0. The van der Waals surface area contributed by atoms with Crippen LogP contribution in [0.5, 0.6) is 0 Å². The van der Waals surface area contributed by atoms with Crippen LogP contribution in [-0.2, 0) is 6.18 Å². The lowest BCUT2D eigenvalue weighted by Crippen LogP contribution is -2.29. The molecule has 0 aromatic heterocycles. The number of halogens is 4. The molecule has 1 aromatic carbocycles. The predicted molar refractivity (Wildman–Crippen MR) is 57.8 cm³/mol. The molecule has 1 rings (SSSR count). The molecule has 2 N–H and O–H groups in total. The molecule has 5 heteroatoms. The van der Waals surface area contributed by atoms with Gasteiger partial charge in [0.25, 0.3) is 0 Å². The molecule has 0 aliphatic heterocycles. The van der Waals surface area contributed by atoms with Gasteiger partial charge >= 0.3 is 6.18 Å². The number of hydrogen-bond donors (Lipinski definition) is 1. The molecule has 0 bridgehead atoms. The smallest absolute Gasteiger partial charge is 0.323 e. The van der Waals surface area contributed by atoms with Crippen LogP contribution in [0.2, 0.25) is 0 Å².